The maximum absolute atomic E-state index is 12.2. The van der Waals surface area contributed by atoms with E-state index in [1.165, 1.54) is 7.11 Å². The number of halogens is 1. The van der Waals surface area contributed by atoms with Crippen molar-refractivity contribution >= 4 is 21.8 Å². The van der Waals surface area contributed by atoms with Crippen molar-refractivity contribution in [3.63, 3.8) is 0 Å². The summed E-state index contributed by atoms with van der Waals surface area (Å²) in [7, 11) is 1.53. The number of amides is 1. The Kier molecular flexibility index (Phi) is 5.22. The van der Waals surface area contributed by atoms with Gasteiger partial charge in [0.25, 0.3) is 5.91 Å². The summed E-state index contributed by atoms with van der Waals surface area (Å²) in [6.45, 7) is 0.437. The van der Waals surface area contributed by atoms with Crippen molar-refractivity contribution in [1.82, 2.24) is 5.32 Å². The van der Waals surface area contributed by atoms with E-state index < -0.39 is 0 Å². The summed E-state index contributed by atoms with van der Waals surface area (Å²) in [5.41, 5.74) is 1.28. The minimum absolute atomic E-state index is 0.205. The molecule has 0 aliphatic rings. The molecule has 0 heterocycles. The molecule has 0 aromatic heterocycles. The minimum Gasteiger partial charge on any atom is -0.508 e. The van der Waals surface area contributed by atoms with Crippen LogP contribution in [-0.4, -0.2) is 24.7 Å². The quantitative estimate of drug-likeness (QED) is 0.871. The molecule has 0 fully saturated rings. The molecular formula is C16H16BrNO3. The normalized spacial score (nSPS) is 10.2. The van der Waals surface area contributed by atoms with Gasteiger partial charge in [0.15, 0.2) is 0 Å². The zero-order valence-corrected chi connectivity index (χ0v) is 13.2. The Morgan fingerprint density at radius 3 is 2.76 bits per heavy atom. The van der Waals surface area contributed by atoms with Crippen LogP contribution in [0.5, 0.6) is 11.5 Å². The van der Waals surface area contributed by atoms with Gasteiger partial charge in [-0.2, -0.15) is 0 Å². The third-order valence-electron chi connectivity index (χ3n) is 3.08. The molecule has 0 spiro atoms. The third-order valence-corrected chi connectivity index (χ3v) is 3.57. The molecule has 0 saturated carbocycles. The predicted molar refractivity (Wildman–Crippen MR) is 84.8 cm³/mol. The van der Waals surface area contributed by atoms with E-state index in [1.807, 2.05) is 18.2 Å². The van der Waals surface area contributed by atoms with E-state index in [1.54, 1.807) is 24.3 Å². The molecule has 2 aromatic rings. The molecule has 0 aliphatic carbocycles. The lowest BCUT2D eigenvalue weighted by molar-refractivity contribution is 0.0951. The Morgan fingerprint density at radius 2 is 2.05 bits per heavy atom. The number of carbonyl (C=O) groups is 1. The van der Waals surface area contributed by atoms with Crippen LogP contribution in [-0.2, 0) is 6.42 Å². The molecule has 5 heteroatoms. The number of para-hydroxylation sites is 1. The summed E-state index contributed by atoms with van der Waals surface area (Å²) in [5, 5.41) is 12.5. The van der Waals surface area contributed by atoms with E-state index in [4.69, 9.17) is 4.74 Å². The maximum atomic E-state index is 12.2. The molecule has 0 unspecified atom stereocenters. The summed E-state index contributed by atoms with van der Waals surface area (Å²) >= 11 is 3.34. The number of carbonyl (C=O) groups excluding carboxylic acids is 1. The fraction of sp³-hybridized carbons (Fsp3) is 0.188. The van der Waals surface area contributed by atoms with Crippen LogP contribution in [0.15, 0.2) is 46.9 Å². The summed E-state index contributed by atoms with van der Waals surface area (Å²) in [6, 6.07) is 12.4. The number of phenols is 1. The first-order valence-electron chi connectivity index (χ1n) is 6.50. The van der Waals surface area contributed by atoms with Gasteiger partial charge in [-0.25, -0.2) is 0 Å². The van der Waals surface area contributed by atoms with E-state index in [0.717, 1.165) is 10.0 Å². The Bertz CT molecular complexity index is 643. The zero-order valence-electron chi connectivity index (χ0n) is 11.6. The number of rotatable bonds is 5. The standard InChI is InChI=1S/C16H16BrNO3/c1-21-15-7-6-12(17)10-13(15)16(20)18-9-8-11-4-2-3-5-14(11)19/h2-7,10,19H,8-9H2,1H3,(H,18,20). The number of methoxy groups -OCH3 is 1. The summed E-state index contributed by atoms with van der Waals surface area (Å²) in [6.07, 6.45) is 0.564. The highest BCUT2D eigenvalue weighted by molar-refractivity contribution is 9.10. The highest BCUT2D eigenvalue weighted by Crippen LogP contribution is 2.23. The molecule has 110 valence electrons. The molecule has 0 radical (unpaired) electrons. The van der Waals surface area contributed by atoms with Crippen molar-refractivity contribution in [3.8, 4) is 11.5 Å². The molecule has 1 amide bonds. The van der Waals surface area contributed by atoms with Crippen molar-refractivity contribution in [1.29, 1.82) is 0 Å². The molecule has 21 heavy (non-hydrogen) atoms. The monoisotopic (exact) mass is 349 g/mol. The number of phenolic OH excluding ortho intramolecular Hbond substituents is 1. The molecule has 0 bridgehead atoms. The van der Waals surface area contributed by atoms with Gasteiger partial charge in [0.1, 0.15) is 11.5 Å². The Labute approximate surface area is 131 Å². The van der Waals surface area contributed by atoms with Crippen LogP contribution in [0.1, 0.15) is 15.9 Å². The Morgan fingerprint density at radius 1 is 1.29 bits per heavy atom. The highest BCUT2D eigenvalue weighted by atomic mass is 79.9. The molecule has 4 nitrogen and oxygen atoms in total. The van der Waals surface area contributed by atoms with Gasteiger partial charge in [-0.05, 0) is 36.2 Å². The van der Waals surface area contributed by atoms with Crippen LogP contribution in [0.4, 0.5) is 0 Å². The van der Waals surface area contributed by atoms with Crippen LogP contribution in [0.3, 0.4) is 0 Å². The van der Waals surface area contributed by atoms with Gasteiger partial charge in [-0.3, -0.25) is 4.79 Å². The number of hydrogen-bond donors (Lipinski definition) is 2. The van der Waals surface area contributed by atoms with Crippen LogP contribution >= 0.6 is 15.9 Å². The second-order valence-corrected chi connectivity index (χ2v) is 5.39. The molecule has 2 N–H and O–H groups in total. The van der Waals surface area contributed by atoms with Crippen LogP contribution in [0.25, 0.3) is 0 Å². The van der Waals surface area contributed by atoms with Gasteiger partial charge < -0.3 is 15.2 Å². The first-order chi connectivity index (χ1) is 10.1. The van der Waals surface area contributed by atoms with Gasteiger partial charge in [0.2, 0.25) is 0 Å². The van der Waals surface area contributed by atoms with E-state index >= 15 is 0 Å². The smallest absolute Gasteiger partial charge is 0.255 e. The average Bonchev–Trinajstić information content (AvgIpc) is 2.49. The molecule has 2 aromatic carbocycles. The minimum atomic E-state index is -0.205. The van der Waals surface area contributed by atoms with E-state index in [-0.39, 0.29) is 11.7 Å². The van der Waals surface area contributed by atoms with Gasteiger partial charge in [-0.15, -0.1) is 0 Å². The average molecular weight is 350 g/mol. The summed E-state index contributed by atoms with van der Waals surface area (Å²) in [5.74, 6) is 0.564. The number of nitrogens with one attached hydrogen (secondary N) is 1. The van der Waals surface area contributed by atoms with E-state index in [9.17, 15) is 9.90 Å². The largest absolute Gasteiger partial charge is 0.508 e. The van der Waals surface area contributed by atoms with Crippen LogP contribution in [0, 0.1) is 0 Å². The summed E-state index contributed by atoms with van der Waals surface area (Å²) < 4.78 is 6.00. The van der Waals surface area contributed by atoms with Crippen LogP contribution in [0.2, 0.25) is 0 Å². The zero-order chi connectivity index (χ0) is 15.2. The molecule has 2 rings (SSSR count). The van der Waals surface area contributed by atoms with Gasteiger partial charge >= 0.3 is 0 Å². The third kappa shape index (κ3) is 3.98. The second-order valence-electron chi connectivity index (χ2n) is 4.48. The number of benzene rings is 2. The lowest BCUT2D eigenvalue weighted by Gasteiger charge is -2.10. The molecule has 0 saturated heterocycles. The topological polar surface area (TPSA) is 58.6 Å². The first-order valence-corrected chi connectivity index (χ1v) is 7.29. The molecule has 0 aliphatic heterocycles. The summed E-state index contributed by atoms with van der Waals surface area (Å²) in [4.78, 5) is 12.2. The van der Waals surface area contributed by atoms with Crippen molar-refractivity contribution in [2.24, 2.45) is 0 Å². The van der Waals surface area contributed by atoms with Gasteiger partial charge in [-0.1, -0.05) is 34.1 Å². The highest BCUT2D eigenvalue weighted by Gasteiger charge is 2.12. The molecule has 0 atom stereocenters. The fourth-order valence-electron chi connectivity index (χ4n) is 1.99. The number of hydrogen-bond acceptors (Lipinski definition) is 3. The lowest BCUT2D eigenvalue weighted by Crippen LogP contribution is -2.26. The maximum Gasteiger partial charge on any atom is 0.255 e. The van der Waals surface area contributed by atoms with Gasteiger partial charge in [0, 0.05) is 11.0 Å². The second kappa shape index (κ2) is 7.13. The van der Waals surface area contributed by atoms with Gasteiger partial charge in [0.05, 0.1) is 12.7 Å². The Balaban J connectivity index is 1.99. The first kappa shape index (κ1) is 15.4. The van der Waals surface area contributed by atoms with Crippen LogP contribution < -0.4 is 10.1 Å². The lowest BCUT2D eigenvalue weighted by atomic mass is 10.1. The number of aromatic hydroxyl groups is 1. The fourth-order valence-corrected chi connectivity index (χ4v) is 2.35. The predicted octanol–water partition coefficient (Wildman–Crippen LogP) is 3.14. The molecular weight excluding hydrogens is 334 g/mol. The number of ether oxygens (including phenoxy) is 1. The van der Waals surface area contributed by atoms with Crippen molar-refractivity contribution < 1.29 is 14.6 Å². The van der Waals surface area contributed by atoms with Crippen molar-refractivity contribution in [3.05, 3.63) is 58.1 Å². The van der Waals surface area contributed by atoms with Crippen molar-refractivity contribution in [2.75, 3.05) is 13.7 Å². The van der Waals surface area contributed by atoms with Crippen molar-refractivity contribution in [2.45, 2.75) is 6.42 Å². The van der Waals surface area contributed by atoms with E-state index in [2.05, 4.69) is 21.2 Å². The Hall–Kier alpha value is -2.01. The van der Waals surface area contributed by atoms with E-state index in [0.29, 0.717) is 24.3 Å². The SMILES string of the molecule is COc1ccc(Br)cc1C(=O)NCCc1ccccc1O.